The van der Waals surface area contributed by atoms with E-state index in [0.29, 0.717) is 0 Å². The van der Waals surface area contributed by atoms with Crippen molar-refractivity contribution in [3.63, 3.8) is 0 Å². The smallest absolute Gasteiger partial charge is 0.243 e. The molecule has 0 atom stereocenters. The molecular formula is C4H4F6NO4S2. The van der Waals surface area contributed by atoms with Crippen molar-refractivity contribution >= 4 is 20.0 Å². The molecule has 0 aromatic carbocycles. The summed E-state index contributed by atoms with van der Waals surface area (Å²) in [5.74, 6) is 0. The lowest BCUT2D eigenvalue weighted by atomic mass is 10.8. The Hall–Kier alpha value is -0.560. The Kier molecular flexibility index (Phi) is 4.45. The molecule has 13 heteroatoms. The van der Waals surface area contributed by atoms with Crippen molar-refractivity contribution < 1.29 is 43.2 Å². The first kappa shape index (κ1) is 16.4. The topological polar surface area (TPSA) is 82.4 Å². The molecule has 0 amide bonds. The molecule has 0 rings (SSSR count). The zero-order valence-corrected chi connectivity index (χ0v) is 9.21. The summed E-state index contributed by atoms with van der Waals surface area (Å²) < 4.78 is 115. The highest BCUT2D eigenvalue weighted by Crippen LogP contribution is 2.28. The lowest BCUT2D eigenvalue weighted by Gasteiger charge is -2.15. The highest BCUT2D eigenvalue weighted by molar-refractivity contribution is 8.05. The molecular weight excluding hydrogens is 304 g/mol. The van der Waals surface area contributed by atoms with Gasteiger partial charge in [-0.3, -0.25) is 0 Å². The molecule has 0 spiro atoms. The lowest BCUT2D eigenvalue weighted by molar-refractivity contribution is 0.0569. The molecule has 0 fully saturated rings. The van der Waals surface area contributed by atoms with Crippen molar-refractivity contribution in [2.45, 2.75) is 10.5 Å². The zero-order chi connectivity index (χ0) is 14.1. The molecule has 17 heavy (non-hydrogen) atoms. The van der Waals surface area contributed by atoms with Gasteiger partial charge in [0.15, 0.2) is 13.3 Å². The minimum absolute atomic E-state index is 1.19. The second kappa shape index (κ2) is 4.61. The van der Waals surface area contributed by atoms with Gasteiger partial charge in [-0.25, -0.2) is 25.6 Å². The Morgan fingerprint density at radius 3 is 1.18 bits per heavy atom. The molecule has 0 unspecified atom stereocenters. The van der Waals surface area contributed by atoms with E-state index in [4.69, 9.17) is 0 Å². The molecule has 0 aromatic rings. The van der Waals surface area contributed by atoms with Gasteiger partial charge in [0.25, 0.3) is 0 Å². The maximum Gasteiger partial charge on any atom is 0.389 e. The van der Waals surface area contributed by atoms with Gasteiger partial charge < -0.3 is 0 Å². The van der Waals surface area contributed by atoms with E-state index in [0.717, 1.165) is 0 Å². The van der Waals surface area contributed by atoms with Crippen LogP contribution in [0, 0.1) is 0 Å². The summed E-state index contributed by atoms with van der Waals surface area (Å²) in [6.45, 7) is -5.73. The van der Waals surface area contributed by atoms with E-state index in [1.165, 1.54) is 4.13 Å². The molecule has 0 bridgehead atoms. The van der Waals surface area contributed by atoms with Crippen LogP contribution in [-0.2, 0) is 20.0 Å². The zero-order valence-electron chi connectivity index (χ0n) is 7.58. The van der Waals surface area contributed by atoms with Crippen LogP contribution >= 0.6 is 0 Å². The van der Waals surface area contributed by atoms with Crippen molar-refractivity contribution in [3.8, 4) is 0 Å². The van der Waals surface area contributed by atoms with E-state index in [9.17, 15) is 43.2 Å². The fourth-order valence-electron chi connectivity index (χ4n) is 0.376. The van der Waals surface area contributed by atoms with Crippen LogP contribution in [0.25, 0.3) is 0 Å². The number of alkyl halides is 6. The number of nitrogens with zero attached hydrogens (tertiary/aromatic N) is 1. The third-order valence-corrected chi connectivity index (χ3v) is 4.56. The summed E-state index contributed by atoms with van der Waals surface area (Å²) in [6.07, 6.45) is 0. The molecule has 0 aliphatic heterocycles. The van der Waals surface area contributed by atoms with Gasteiger partial charge in [-0.05, 0) is 0 Å². The predicted molar refractivity (Wildman–Crippen MR) is 41.8 cm³/mol. The molecule has 5 nitrogen and oxygen atoms in total. The first-order valence-electron chi connectivity index (χ1n) is 3.44. The average molecular weight is 308 g/mol. The van der Waals surface area contributed by atoms with E-state index < -0.39 is 43.9 Å². The average Bonchev–Trinajstić information content (AvgIpc) is 2.15. The molecule has 1 radical (unpaired) electrons. The molecule has 0 aromatic heterocycles. The number of rotatable bonds is 6. The van der Waals surface area contributed by atoms with Crippen LogP contribution < -0.4 is 4.13 Å². The monoisotopic (exact) mass is 308 g/mol. The SMILES string of the molecule is O=S(=O)([N]S(=O)(=O)C(F)(F)CF)C(F)(F)CF. The van der Waals surface area contributed by atoms with Gasteiger partial charge in [0.1, 0.15) is 0 Å². The van der Waals surface area contributed by atoms with E-state index >= 15 is 0 Å². The van der Waals surface area contributed by atoms with Crippen LogP contribution in [0.5, 0.6) is 0 Å². The Balaban J connectivity index is 5.40. The molecule has 0 aliphatic rings. The van der Waals surface area contributed by atoms with Crippen molar-refractivity contribution in [3.05, 3.63) is 0 Å². The first-order chi connectivity index (χ1) is 7.33. The highest BCUT2D eigenvalue weighted by atomic mass is 32.3. The van der Waals surface area contributed by atoms with Gasteiger partial charge in [-0.1, -0.05) is 0 Å². The summed E-state index contributed by atoms with van der Waals surface area (Å²) in [4.78, 5) is 0. The van der Waals surface area contributed by atoms with E-state index in [1.807, 2.05) is 0 Å². The van der Waals surface area contributed by atoms with Gasteiger partial charge in [0, 0.05) is 4.13 Å². The number of sulfonamides is 2. The number of halogens is 6. The lowest BCUT2D eigenvalue weighted by Crippen LogP contribution is -2.45. The number of hydrogen-bond acceptors (Lipinski definition) is 4. The second-order valence-electron chi connectivity index (χ2n) is 2.57. The summed E-state index contributed by atoms with van der Waals surface area (Å²) in [5, 5.41) is -10.6. The Bertz CT molecular complexity index is 426. The summed E-state index contributed by atoms with van der Waals surface area (Å²) in [6, 6.07) is 0. The minimum Gasteiger partial charge on any atom is -0.243 e. The Morgan fingerprint density at radius 1 is 0.765 bits per heavy atom. The third-order valence-electron chi connectivity index (χ3n) is 1.26. The van der Waals surface area contributed by atoms with Crippen molar-refractivity contribution in [1.29, 1.82) is 0 Å². The Labute approximate surface area is 91.9 Å². The van der Waals surface area contributed by atoms with Crippen LogP contribution in [0.4, 0.5) is 26.3 Å². The largest absolute Gasteiger partial charge is 0.389 e. The summed E-state index contributed by atoms with van der Waals surface area (Å²) in [7, 11) is -12.8. The molecule has 103 valence electrons. The van der Waals surface area contributed by atoms with E-state index in [-0.39, 0.29) is 0 Å². The van der Waals surface area contributed by atoms with Crippen molar-refractivity contribution in [1.82, 2.24) is 4.13 Å². The van der Waals surface area contributed by atoms with E-state index in [1.54, 1.807) is 0 Å². The second-order valence-corrected chi connectivity index (χ2v) is 6.26. The van der Waals surface area contributed by atoms with Gasteiger partial charge >= 0.3 is 30.6 Å². The molecule has 0 heterocycles. The van der Waals surface area contributed by atoms with Crippen LogP contribution in [0.1, 0.15) is 0 Å². The van der Waals surface area contributed by atoms with Crippen molar-refractivity contribution in [2.24, 2.45) is 0 Å². The standard InChI is InChI=1S/C4H4F6NO4S2/c5-1-3(7,8)16(12,13)11-17(14,15)4(9,10)2-6/h1-2H2. The predicted octanol–water partition coefficient (Wildman–Crippen LogP) is 0.375. The molecule has 0 N–H and O–H groups in total. The maximum absolute atomic E-state index is 12.3. The van der Waals surface area contributed by atoms with Crippen LogP contribution in [0.2, 0.25) is 0 Å². The molecule has 0 saturated heterocycles. The van der Waals surface area contributed by atoms with Gasteiger partial charge in [-0.2, -0.15) is 17.6 Å². The number of hydrogen-bond donors (Lipinski definition) is 0. The third kappa shape index (κ3) is 3.22. The van der Waals surface area contributed by atoms with Gasteiger partial charge in [0.2, 0.25) is 0 Å². The van der Waals surface area contributed by atoms with Crippen LogP contribution in [0.3, 0.4) is 0 Å². The fraction of sp³-hybridized carbons (Fsp3) is 1.00. The normalized spacial score (nSPS) is 14.9. The van der Waals surface area contributed by atoms with Gasteiger partial charge in [0.05, 0.1) is 0 Å². The molecule has 0 aliphatic carbocycles. The van der Waals surface area contributed by atoms with E-state index in [2.05, 4.69) is 0 Å². The quantitative estimate of drug-likeness (QED) is 0.664. The summed E-state index contributed by atoms with van der Waals surface area (Å²) >= 11 is 0. The summed E-state index contributed by atoms with van der Waals surface area (Å²) in [5.41, 5.74) is 0. The molecule has 0 saturated carbocycles. The van der Waals surface area contributed by atoms with Gasteiger partial charge in [-0.15, -0.1) is 0 Å². The fourth-order valence-corrected chi connectivity index (χ4v) is 2.56. The van der Waals surface area contributed by atoms with Crippen LogP contribution in [-0.4, -0.2) is 40.7 Å². The minimum atomic E-state index is -6.38. The highest BCUT2D eigenvalue weighted by Gasteiger charge is 2.55. The maximum atomic E-state index is 12.3. The first-order valence-corrected chi connectivity index (χ1v) is 6.32. The van der Waals surface area contributed by atoms with Crippen LogP contribution in [0.15, 0.2) is 0 Å². The Morgan fingerprint density at radius 2 is 1.00 bits per heavy atom. The van der Waals surface area contributed by atoms with Crippen molar-refractivity contribution in [2.75, 3.05) is 13.3 Å².